The lowest BCUT2D eigenvalue weighted by Crippen LogP contribution is -2.46. The normalized spacial score (nSPS) is 12.4. The van der Waals surface area contributed by atoms with E-state index in [1.807, 2.05) is 29.6 Å². The number of carbonyl (C=O) groups excluding carboxylic acids is 2. The maximum absolute atomic E-state index is 12.6. The van der Waals surface area contributed by atoms with Crippen LogP contribution in [0.15, 0.2) is 41.8 Å². The van der Waals surface area contributed by atoms with Crippen LogP contribution in [0.3, 0.4) is 0 Å². The molecular formula is C19H23NO4S. The van der Waals surface area contributed by atoms with Gasteiger partial charge in [0.15, 0.2) is 0 Å². The molecule has 5 nitrogen and oxygen atoms in total. The van der Waals surface area contributed by atoms with Crippen molar-refractivity contribution in [3.8, 4) is 10.4 Å². The maximum Gasteiger partial charge on any atom is 0.415 e. The van der Waals surface area contributed by atoms with Crippen LogP contribution in [0, 0.1) is 0 Å². The van der Waals surface area contributed by atoms with Gasteiger partial charge in [0.25, 0.3) is 0 Å². The van der Waals surface area contributed by atoms with E-state index in [-0.39, 0.29) is 0 Å². The van der Waals surface area contributed by atoms with Gasteiger partial charge in [0.2, 0.25) is 0 Å². The van der Waals surface area contributed by atoms with Gasteiger partial charge in [-0.2, -0.15) is 0 Å². The minimum Gasteiger partial charge on any atom is -0.467 e. The number of methoxy groups -OCH3 is 1. The number of hydrogen-bond acceptors (Lipinski definition) is 5. The fourth-order valence-electron chi connectivity index (χ4n) is 2.30. The molecule has 1 atom stereocenters. The number of thiophene rings is 1. The lowest BCUT2D eigenvalue weighted by molar-refractivity contribution is -0.141. The van der Waals surface area contributed by atoms with E-state index in [2.05, 4.69) is 0 Å². The Hall–Kier alpha value is -2.34. The molecule has 1 aromatic heterocycles. The number of benzene rings is 1. The van der Waals surface area contributed by atoms with Crippen molar-refractivity contribution < 1.29 is 19.1 Å². The molecule has 25 heavy (non-hydrogen) atoms. The molecule has 0 aliphatic carbocycles. The fraction of sp³-hybridized carbons (Fsp3) is 0.368. The van der Waals surface area contributed by atoms with Crippen LogP contribution in [-0.4, -0.2) is 30.8 Å². The summed E-state index contributed by atoms with van der Waals surface area (Å²) >= 11 is 1.64. The van der Waals surface area contributed by atoms with Crippen LogP contribution in [0.5, 0.6) is 0 Å². The second-order valence-corrected chi connectivity index (χ2v) is 7.52. The number of ether oxygens (including phenoxy) is 2. The van der Waals surface area contributed by atoms with Gasteiger partial charge < -0.3 is 9.47 Å². The summed E-state index contributed by atoms with van der Waals surface area (Å²) in [4.78, 5) is 27.1. The number of rotatable bonds is 4. The molecule has 2 rings (SSSR count). The Kier molecular flexibility index (Phi) is 5.85. The smallest absolute Gasteiger partial charge is 0.415 e. The van der Waals surface area contributed by atoms with Crippen LogP contribution in [0.2, 0.25) is 0 Å². The van der Waals surface area contributed by atoms with E-state index in [1.165, 1.54) is 12.0 Å². The Labute approximate surface area is 152 Å². The number of amides is 1. The molecule has 134 valence electrons. The van der Waals surface area contributed by atoms with Crippen LogP contribution in [0.25, 0.3) is 10.4 Å². The first-order valence-electron chi connectivity index (χ1n) is 7.97. The summed E-state index contributed by atoms with van der Waals surface area (Å²) in [6.07, 6.45) is -0.589. The van der Waals surface area contributed by atoms with Gasteiger partial charge >= 0.3 is 12.1 Å². The zero-order chi connectivity index (χ0) is 18.6. The third-order valence-corrected chi connectivity index (χ3v) is 4.39. The van der Waals surface area contributed by atoms with Crippen molar-refractivity contribution in [3.05, 3.63) is 41.8 Å². The summed E-state index contributed by atoms with van der Waals surface area (Å²) in [6, 6.07) is 10.7. The van der Waals surface area contributed by atoms with Crippen molar-refractivity contribution in [1.82, 2.24) is 0 Å². The number of esters is 1. The third-order valence-electron chi connectivity index (χ3n) is 3.47. The molecule has 0 spiro atoms. The summed E-state index contributed by atoms with van der Waals surface area (Å²) < 4.78 is 10.2. The van der Waals surface area contributed by atoms with E-state index in [0.29, 0.717) is 5.69 Å². The highest BCUT2D eigenvalue weighted by molar-refractivity contribution is 7.13. The summed E-state index contributed by atoms with van der Waals surface area (Å²) in [6.45, 7) is 6.96. The van der Waals surface area contributed by atoms with Gasteiger partial charge in [-0.25, -0.2) is 9.59 Å². The van der Waals surface area contributed by atoms with Gasteiger partial charge in [-0.3, -0.25) is 4.90 Å². The highest BCUT2D eigenvalue weighted by atomic mass is 32.1. The predicted octanol–water partition coefficient (Wildman–Crippen LogP) is 4.72. The molecule has 0 saturated carbocycles. The van der Waals surface area contributed by atoms with Gasteiger partial charge in [0, 0.05) is 10.6 Å². The molecule has 2 aromatic rings. The lowest BCUT2D eigenvalue weighted by atomic mass is 10.1. The molecule has 1 heterocycles. The van der Waals surface area contributed by atoms with E-state index in [4.69, 9.17) is 9.47 Å². The third kappa shape index (κ3) is 4.82. The first-order chi connectivity index (χ1) is 11.7. The van der Waals surface area contributed by atoms with Crippen LogP contribution in [0.4, 0.5) is 10.5 Å². The Morgan fingerprint density at radius 2 is 1.76 bits per heavy atom. The molecule has 0 N–H and O–H groups in total. The summed E-state index contributed by atoms with van der Waals surface area (Å²) in [5.41, 5.74) is 0.961. The molecule has 0 unspecified atom stereocenters. The van der Waals surface area contributed by atoms with Crippen LogP contribution < -0.4 is 4.90 Å². The Bertz CT molecular complexity index is 717. The van der Waals surface area contributed by atoms with E-state index < -0.39 is 23.7 Å². The van der Waals surface area contributed by atoms with Crippen molar-refractivity contribution in [3.63, 3.8) is 0 Å². The van der Waals surface area contributed by atoms with Crippen molar-refractivity contribution in [2.45, 2.75) is 39.3 Å². The molecule has 0 saturated heterocycles. The van der Waals surface area contributed by atoms with E-state index in [9.17, 15) is 9.59 Å². The van der Waals surface area contributed by atoms with Gasteiger partial charge in [0.05, 0.1) is 7.11 Å². The van der Waals surface area contributed by atoms with Crippen molar-refractivity contribution in [1.29, 1.82) is 0 Å². The average molecular weight is 361 g/mol. The maximum atomic E-state index is 12.6. The van der Waals surface area contributed by atoms with Gasteiger partial charge in [-0.1, -0.05) is 18.2 Å². The van der Waals surface area contributed by atoms with Crippen LogP contribution in [-0.2, 0) is 14.3 Å². The van der Waals surface area contributed by atoms with Crippen molar-refractivity contribution in [2.24, 2.45) is 0 Å². The largest absolute Gasteiger partial charge is 0.467 e. The molecule has 0 radical (unpaired) electrons. The zero-order valence-corrected chi connectivity index (χ0v) is 15.9. The van der Waals surface area contributed by atoms with E-state index in [1.54, 1.807) is 51.2 Å². The molecule has 0 bridgehead atoms. The number of nitrogens with zero attached hydrogens (tertiary/aromatic N) is 1. The number of carbonyl (C=O) groups is 2. The van der Waals surface area contributed by atoms with Gasteiger partial charge in [0.1, 0.15) is 11.6 Å². The van der Waals surface area contributed by atoms with Crippen LogP contribution >= 0.6 is 11.3 Å². The second-order valence-electron chi connectivity index (χ2n) is 6.57. The molecule has 0 aliphatic rings. The molecule has 1 amide bonds. The molecular weight excluding hydrogens is 338 g/mol. The minimum absolute atomic E-state index is 0.506. The second kappa shape index (κ2) is 7.70. The standard InChI is InChI=1S/C19H23NO4S/c1-13(17(21)23-5)20(18(22)24-19(2,3)4)15-10-8-14(9-11-15)16-7-6-12-25-16/h6-13H,1-5H3/t13-/m0/s1. The van der Waals surface area contributed by atoms with Crippen molar-refractivity contribution >= 4 is 29.1 Å². The quantitative estimate of drug-likeness (QED) is 0.740. The van der Waals surface area contributed by atoms with Gasteiger partial charge in [-0.05, 0) is 56.8 Å². The predicted molar refractivity (Wildman–Crippen MR) is 99.9 cm³/mol. The topological polar surface area (TPSA) is 55.8 Å². The van der Waals surface area contributed by atoms with E-state index in [0.717, 1.165) is 10.4 Å². The van der Waals surface area contributed by atoms with Crippen LogP contribution in [0.1, 0.15) is 27.7 Å². The highest BCUT2D eigenvalue weighted by Gasteiger charge is 2.31. The lowest BCUT2D eigenvalue weighted by Gasteiger charge is -2.30. The SMILES string of the molecule is COC(=O)[C@H](C)N(C(=O)OC(C)(C)C)c1ccc(-c2cccs2)cc1. The number of hydrogen-bond donors (Lipinski definition) is 0. The molecule has 1 aromatic carbocycles. The fourth-order valence-corrected chi connectivity index (χ4v) is 3.04. The Morgan fingerprint density at radius 3 is 2.24 bits per heavy atom. The summed E-state index contributed by atoms with van der Waals surface area (Å²) in [7, 11) is 1.30. The molecule has 0 aliphatic heterocycles. The highest BCUT2D eigenvalue weighted by Crippen LogP contribution is 2.28. The van der Waals surface area contributed by atoms with Gasteiger partial charge in [-0.15, -0.1) is 11.3 Å². The summed E-state index contributed by atoms with van der Waals surface area (Å²) in [5, 5.41) is 2.01. The van der Waals surface area contributed by atoms with E-state index >= 15 is 0 Å². The first-order valence-corrected chi connectivity index (χ1v) is 8.85. The monoisotopic (exact) mass is 361 g/mol. The Balaban J connectivity index is 2.34. The number of anilines is 1. The Morgan fingerprint density at radius 1 is 1.12 bits per heavy atom. The first kappa shape index (κ1) is 19.0. The molecule has 0 fully saturated rings. The average Bonchev–Trinajstić information content (AvgIpc) is 3.07. The summed E-state index contributed by atoms with van der Waals surface area (Å²) in [5.74, 6) is -0.506. The minimum atomic E-state index is -0.799. The molecule has 6 heteroatoms. The zero-order valence-electron chi connectivity index (χ0n) is 15.1. The van der Waals surface area contributed by atoms with Crippen molar-refractivity contribution in [2.75, 3.05) is 12.0 Å².